The zero-order chi connectivity index (χ0) is 15.8. The first-order valence-electron chi connectivity index (χ1n) is 6.43. The van der Waals surface area contributed by atoms with Crippen LogP contribution in [0.1, 0.15) is 13.3 Å². The van der Waals surface area contributed by atoms with Crippen LogP contribution in [0.25, 0.3) is 0 Å². The molecular weight excluding hydrogens is 371 g/mol. The monoisotopic (exact) mass is 385 g/mol. The van der Waals surface area contributed by atoms with Crippen LogP contribution in [0.4, 0.5) is 18.9 Å². The van der Waals surface area contributed by atoms with Gasteiger partial charge in [0.2, 0.25) is 0 Å². The van der Waals surface area contributed by atoms with Crippen LogP contribution in [0.15, 0.2) is 29.2 Å². The number of halogens is 4. The van der Waals surface area contributed by atoms with Gasteiger partial charge >= 0.3 is 5.51 Å². The van der Waals surface area contributed by atoms with Gasteiger partial charge in [-0.25, -0.2) is 8.42 Å². The van der Waals surface area contributed by atoms with Gasteiger partial charge in [-0.3, -0.25) is 0 Å². The topological polar surface area (TPSA) is 37.4 Å². The Labute approximate surface area is 130 Å². The fraction of sp³-hybridized carbons (Fsp3) is 0.538. The molecule has 0 spiro atoms. The second-order valence-corrected chi connectivity index (χ2v) is 8.29. The van der Waals surface area contributed by atoms with E-state index < -0.39 is 20.2 Å². The molecule has 0 saturated carbocycles. The van der Waals surface area contributed by atoms with Gasteiger partial charge in [-0.2, -0.15) is 13.2 Å². The molecule has 1 saturated heterocycles. The summed E-state index contributed by atoms with van der Waals surface area (Å²) in [6.45, 7) is 3.68. The molecule has 21 heavy (non-hydrogen) atoms. The zero-order valence-electron chi connectivity index (χ0n) is 11.3. The number of nitrogens with zero attached hydrogens (tertiary/aromatic N) is 1. The third kappa shape index (κ3) is 3.36. The quantitative estimate of drug-likeness (QED) is 0.730. The average molecular weight is 386 g/mol. The van der Waals surface area contributed by atoms with Gasteiger partial charge in [0.05, 0.1) is 4.90 Å². The molecule has 1 fully saturated rings. The van der Waals surface area contributed by atoms with E-state index in [0.717, 1.165) is 37.3 Å². The van der Waals surface area contributed by atoms with E-state index in [2.05, 4.69) is 22.9 Å². The Kier molecular flexibility index (Phi) is 4.58. The molecule has 0 amide bonds. The number of alkyl halides is 4. The summed E-state index contributed by atoms with van der Waals surface area (Å²) >= 11 is 3.58. The van der Waals surface area contributed by atoms with Crippen molar-refractivity contribution in [3.8, 4) is 0 Å². The lowest BCUT2D eigenvalue weighted by Gasteiger charge is -2.35. The average Bonchev–Trinajstić information content (AvgIpc) is 2.41. The Balaban J connectivity index is 2.21. The molecule has 0 N–H and O–H groups in total. The number of hydrogen-bond donors (Lipinski definition) is 0. The fourth-order valence-corrected chi connectivity index (χ4v) is 3.60. The van der Waals surface area contributed by atoms with E-state index in [1.807, 2.05) is 4.90 Å². The number of benzene rings is 1. The summed E-state index contributed by atoms with van der Waals surface area (Å²) in [5.41, 5.74) is -4.54. The summed E-state index contributed by atoms with van der Waals surface area (Å²) in [6.07, 6.45) is 0.971. The molecule has 1 aliphatic heterocycles. The van der Waals surface area contributed by atoms with Gasteiger partial charge in [-0.1, -0.05) is 22.9 Å². The van der Waals surface area contributed by atoms with E-state index in [4.69, 9.17) is 0 Å². The number of hydrogen-bond acceptors (Lipinski definition) is 3. The maximum atomic E-state index is 12.5. The van der Waals surface area contributed by atoms with Crippen LogP contribution in [-0.2, 0) is 9.84 Å². The van der Waals surface area contributed by atoms with Gasteiger partial charge in [0.1, 0.15) is 0 Å². The smallest absolute Gasteiger partial charge is 0.370 e. The fourth-order valence-electron chi connectivity index (χ4n) is 2.23. The van der Waals surface area contributed by atoms with Crippen molar-refractivity contribution in [3.05, 3.63) is 24.3 Å². The van der Waals surface area contributed by atoms with Gasteiger partial charge in [0, 0.05) is 23.6 Å². The lowest BCUT2D eigenvalue weighted by atomic mass is 9.98. The summed E-state index contributed by atoms with van der Waals surface area (Å²) < 4.78 is 60.0. The minimum atomic E-state index is -5.27. The Morgan fingerprint density at radius 3 is 2.29 bits per heavy atom. The van der Waals surface area contributed by atoms with Crippen molar-refractivity contribution in [1.82, 2.24) is 0 Å². The Morgan fingerprint density at radius 2 is 1.81 bits per heavy atom. The van der Waals surface area contributed by atoms with Gasteiger partial charge in [0.15, 0.2) is 0 Å². The lowest BCUT2D eigenvalue weighted by molar-refractivity contribution is -0.0436. The molecule has 0 aromatic heterocycles. The lowest BCUT2D eigenvalue weighted by Crippen LogP contribution is -2.40. The molecule has 0 radical (unpaired) electrons. The van der Waals surface area contributed by atoms with E-state index in [0.29, 0.717) is 10.7 Å². The molecule has 0 bridgehead atoms. The van der Waals surface area contributed by atoms with Crippen LogP contribution in [-0.4, -0.2) is 31.8 Å². The van der Waals surface area contributed by atoms with Crippen LogP contribution in [0, 0.1) is 5.92 Å². The third-order valence-corrected chi connectivity index (χ3v) is 6.38. The first-order chi connectivity index (χ1) is 9.63. The van der Waals surface area contributed by atoms with E-state index in [-0.39, 0.29) is 0 Å². The standard InChI is InChI=1S/C13H15BrF3NO2S/c1-9-6-7-18(8-12(9)14)10-2-4-11(5-3-10)21(19,20)13(15,16)17/h2-5,9,12H,6-8H2,1H3. The first-order valence-corrected chi connectivity index (χ1v) is 8.83. The third-order valence-electron chi connectivity index (χ3n) is 3.68. The van der Waals surface area contributed by atoms with Crippen LogP contribution in [0.3, 0.4) is 0 Å². The highest BCUT2D eigenvalue weighted by Crippen LogP contribution is 2.32. The second kappa shape index (κ2) is 5.79. The van der Waals surface area contributed by atoms with E-state index in [1.165, 1.54) is 12.1 Å². The molecule has 118 valence electrons. The molecule has 2 unspecified atom stereocenters. The molecule has 1 aromatic carbocycles. The minimum Gasteiger partial charge on any atom is -0.370 e. The summed E-state index contributed by atoms with van der Waals surface area (Å²) in [7, 11) is -5.27. The molecule has 8 heteroatoms. The SMILES string of the molecule is CC1CCN(c2ccc(S(=O)(=O)C(F)(F)F)cc2)CC1Br. The van der Waals surface area contributed by atoms with Crippen LogP contribution < -0.4 is 4.90 Å². The highest BCUT2D eigenvalue weighted by molar-refractivity contribution is 9.09. The molecule has 2 rings (SSSR count). The number of anilines is 1. The maximum Gasteiger partial charge on any atom is 0.501 e. The summed E-state index contributed by atoms with van der Waals surface area (Å²) in [5.74, 6) is 0.533. The summed E-state index contributed by atoms with van der Waals surface area (Å²) in [4.78, 5) is 1.62. The Bertz CT molecular complexity index is 601. The van der Waals surface area contributed by atoms with E-state index in [1.54, 1.807) is 0 Å². The molecule has 1 aromatic rings. The van der Waals surface area contributed by atoms with Crippen molar-refractivity contribution < 1.29 is 21.6 Å². The van der Waals surface area contributed by atoms with Crippen molar-refractivity contribution in [3.63, 3.8) is 0 Å². The Hall–Kier alpha value is -0.760. The van der Waals surface area contributed by atoms with Gasteiger partial charge in [0.25, 0.3) is 9.84 Å². The summed E-state index contributed by atoms with van der Waals surface area (Å²) in [6, 6.07) is 4.88. The molecule has 3 nitrogen and oxygen atoms in total. The van der Waals surface area contributed by atoms with Crippen molar-refractivity contribution in [1.29, 1.82) is 0 Å². The molecule has 1 aliphatic rings. The van der Waals surface area contributed by atoms with Crippen molar-refractivity contribution in [2.75, 3.05) is 18.0 Å². The molecule has 1 heterocycles. The van der Waals surface area contributed by atoms with Gasteiger partial charge < -0.3 is 4.90 Å². The molecule has 0 aliphatic carbocycles. The van der Waals surface area contributed by atoms with Crippen LogP contribution in [0.5, 0.6) is 0 Å². The van der Waals surface area contributed by atoms with Crippen LogP contribution in [0.2, 0.25) is 0 Å². The number of piperidine rings is 1. The number of sulfone groups is 1. The van der Waals surface area contributed by atoms with Gasteiger partial charge in [-0.05, 0) is 36.6 Å². The highest BCUT2D eigenvalue weighted by atomic mass is 79.9. The van der Waals surface area contributed by atoms with E-state index in [9.17, 15) is 21.6 Å². The zero-order valence-corrected chi connectivity index (χ0v) is 13.7. The van der Waals surface area contributed by atoms with Gasteiger partial charge in [-0.15, -0.1) is 0 Å². The minimum absolute atomic E-state index is 0.310. The number of rotatable bonds is 2. The van der Waals surface area contributed by atoms with Crippen LogP contribution >= 0.6 is 15.9 Å². The van der Waals surface area contributed by atoms with Crippen molar-refractivity contribution in [2.24, 2.45) is 5.92 Å². The first kappa shape index (κ1) is 16.6. The predicted molar refractivity (Wildman–Crippen MR) is 78.4 cm³/mol. The predicted octanol–water partition coefficient (Wildman–Crippen LogP) is 3.59. The normalized spacial score (nSPS) is 24.1. The van der Waals surface area contributed by atoms with Crippen molar-refractivity contribution in [2.45, 2.75) is 28.6 Å². The highest BCUT2D eigenvalue weighted by Gasteiger charge is 2.46. The van der Waals surface area contributed by atoms with Crippen molar-refractivity contribution >= 4 is 31.5 Å². The molecule has 2 atom stereocenters. The van der Waals surface area contributed by atoms with E-state index >= 15 is 0 Å². The largest absolute Gasteiger partial charge is 0.501 e. The maximum absolute atomic E-state index is 12.5. The second-order valence-electron chi connectivity index (χ2n) is 5.17. The Morgan fingerprint density at radius 1 is 1.24 bits per heavy atom. The summed E-state index contributed by atoms with van der Waals surface area (Å²) in [5, 5.41) is 0. The molecular formula is C13H15BrF3NO2S.